The first-order valence-electron chi connectivity index (χ1n) is 7.95. The molecule has 3 rings (SSSR count). The zero-order valence-corrected chi connectivity index (χ0v) is 17.1. The highest BCUT2D eigenvalue weighted by molar-refractivity contribution is 7.16. The maximum absolute atomic E-state index is 12.3. The molecule has 1 amide bonds. The van der Waals surface area contributed by atoms with Gasteiger partial charge in [0, 0.05) is 24.1 Å². The number of benzene rings is 1. The van der Waals surface area contributed by atoms with Crippen molar-refractivity contribution in [2.24, 2.45) is 4.99 Å². The molecular formula is C18H16Cl2N2O2S2. The first kappa shape index (κ1) is 19.3. The van der Waals surface area contributed by atoms with Crippen molar-refractivity contribution in [2.75, 3.05) is 13.2 Å². The van der Waals surface area contributed by atoms with Crippen molar-refractivity contribution in [3.63, 3.8) is 0 Å². The van der Waals surface area contributed by atoms with Crippen molar-refractivity contribution in [3.8, 4) is 0 Å². The second-order valence-corrected chi connectivity index (χ2v) is 8.01. The summed E-state index contributed by atoms with van der Waals surface area (Å²) in [6.45, 7) is 3.59. The second-order valence-electron chi connectivity index (χ2n) is 5.24. The van der Waals surface area contributed by atoms with Crippen molar-refractivity contribution in [3.05, 3.63) is 55.4 Å². The Morgan fingerprint density at radius 1 is 1.35 bits per heavy atom. The number of ether oxygens (including phenoxy) is 1. The summed E-state index contributed by atoms with van der Waals surface area (Å²) in [6, 6.07) is 7.51. The number of hydrogen-bond acceptors (Lipinski definition) is 4. The number of halogens is 2. The van der Waals surface area contributed by atoms with E-state index in [-0.39, 0.29) is 5.91 Å². The fourth-order valence-electron chi connectivity index (χ4n) is 2.37. The third kappa shape index (κ3) is 4.45. The molecule has 136 valence electrons. The molecule has 2 aromatic heterocycles. The van der Waals surface area contributed by atoms with E-state index in [2.05, 4.69) is 4.99 Å². The number of aromatic nitrogens is 1. The Kier molecular flexibility index (Phi) is 6.67. The van der Waals surface area contributed by atoms with Crippen LogP contribution in [0.25, 0.3) is 16.3 Å². The van der Waals surface area contributed by atoms with Gasteiger partial charge in [-0.2, -0.15) is 4.99 Å². The molecule has 0 aliphatic heterocycles. The van der Waals surface area contributed by atoms with Gasteiger partial charge in [-0.05, 0) is 36.6 Å². The SMILES string of the molecule is CCOCCn1c(=NC(=O)/C=C/c2cccs2)sc2ccc(Cl)c(Cl)c21. The molecule has 0 unspecified atom stereocenters. The number of carbonyl (C=O) groups excluding carboxylic acids is 1. The lowest BCUT2D eigenvalue weighted by Gasteiger charge is -2.07. The van der Waals surface area contributed by atoms with Crippen molar-refractivity contribution >= 4 is 68.1 Å². The number of thiazole rings is 1. The van der Waals surface area contributed by atoms with Gasteiger partial charge in [0.2, 0.25) is 0 Å². The highest BCUT2D eigenvalue weighted by atomic mass is 35.5. The summed E-state index contributed by atoms with van der Waals surface area (Å²) in [5.41, 5.74) is 0.776. The van der Waals surface area contributed by atoms with Crippen molar-refractivity contribution in [2.45, 2.75) is 13.5 Å². The maximum Gasteiger partial charge on any atom is 0.272 e. The fraction of sp³-hybridized carbons (Fsp3) is 0.222. The maximum atomic E-state index is 12.3. The first-order valence-corrected chi connectivity index (χ1v) is 10.4. The van der Waals surface area contributed by atoms with Crippen molar-refractivity contribution in [1.82, 2.24) is 4.57 Å². The van der Waals surface area contributed by atoms with E-state index in [0.717, 1.165) is 15.1 Å². The van der Waals surface area contributed by atoms with Gasteiger partial charge in [-0.3, -0.25) is 4.79 Å². The number of thiophene rings is 1. The van der Waals surface area contributed by atoms with Gasteiger partial charge in [0.05, 0.1) is 26.9 Å². The molecule has 0 N–H and O–H groups in total. The Hall–Kier alpha value is -1.44. The molecule has 2 heterocycles. The number of fused-ring (bicyclic) bond motifs is 1. The summed E-state index contributed by atoms with van der Waals surface area (Å²) >= 11 is 15.5. The molecule has 4 nitrogen and oxygen atoms in total. The van der Waals surface area contributed by atoms with Gasteiger partial charge in [0.1, 0.15) is 0 Å². The molecule has 0 bridgehead atoms. The molecular weight excluding hydrogens is 411 g/mol. The predicted octanol–water partition coefficient (Wildman–Crippen LogP) is 5.25. The monoisotopic (exact) mass is 426 g/mol. The van der Waals surface area contributed by atoms with Gasteiger partial charge in [0.25, 0.3) is 5.91 Å². The zero-order chi connectivity index (χ0) is 18.5. The second kappa shape index (κ2) is 8.97. The molecule has 0 radical (unpaired) electrons. The van der Waals surface area contributed by atoms with Crippen LogP contribution in [0.15, 0.2) is 40.7 Å². The van der Waals surface area contributed by atoms with E-state index in [1.54, 1.807) is 23.5 Å². The molecule has 0 aliphatic carbocycles. The van der Waals surface area contributed by atoms with Crippen LogP contribution in [0, 0.1) is 0 Å². The Balaban J connectivity index is 2.01. The summed E-state index contributed by atoms with van der Waals surface area (Å²) in [5, 5.41) is 2.89. The molecule has 8 heteroatoms. The van der Waals surface area contributed by atoms with Crippen LogP contribution in [0.3, 0.4) is 0 Å². The van der Waals surface area contributed by atoms with E-state index in [1.165, 1.54) is 17.4 Å². The minimum Gasteiger partial charge on any atom is -0.380 e. The standard InChI is InChI=1S/C18H16Cl2N2O2S2/c1-2-24-10-9-22-17-14(7-6-13(19)16(17)20)26-18(22)21-15(23)8-5-12-4-3-11-25-12/h3-8,11H,2,9-10H2,1H3/b8-5+,21-18?. The molecule has 1 aromatic carbocycles. The first-order chi connectivity index (χ1) is 12.6. The molecule has 0 saturated carbocycles. The molecule has 26 heavy (non-hydrogen) atoms. The lowest BCUT2D eigenvalue weighted by Crippen LogP contribution is -2.19. The lowest BCUT2D eigenvalue weighted by atomic mass is 10.3. The summed E-state index contributed by atoms with van der Waals surface area (Å²) in [7, 11) is 0. The number of hydrogen-bond donors (Lipinski definition) is 0. The van der Waals surface area contributed by atoms with E-state index in [4.69, 9.17) is 27.9 Å². The van der Waals surface area contributed by atoms with Crippen LogP contribution in [-0.4, -0.2) is 23.7 Å². The van der Waals surface area contributed by atoms with Crippen LogP contribution in [0.5, 0.6) is 0 Å². The van der Waals surface area contributed by atoms with Crippen LogP contribution < -0.4 is 4.80 Å². The summed E-state index contributed by atoms with van der Waals surface area (Å²) in [4.78, 5) is 18.1. The molecule has 0 atom stereocenters. The van der Waals surface area contributed by atoms with Gasteiger partial charge in [-0.15, -0.1) is 11.3 Å². The molecule has 3 aromatic rings. The van der Waals surface area contributed by atoms with Crippen LogP contribution in [0.1, 0.15) is 11.8 Å². The number of nitrogens with zero attached hydrogens (tertiary/aromatic N) is 2. The van der Waals surface area contributed by atoms with Crippen LogP contribution in [0.4, 0.5) is 0 Å². The molecule has 0 spiro atoms. The van der Waals surface area contributed by atoms with Gasteiger partial charge in [0.15, 0.2) is 4.80 Å². The van der Waals surface area contributed by atoms with Crippen LogP contribution in [-0.2, 0) is 16.1 Å². The molecule has 0 fully saturated rings. The average molecular weight is 427 g/mol. The predicted molar refractivity (Wildman–Crippen MR) is 110 cm³/mol. The number of carbonyl (C=O) groups is 1. The van der Waals surface area contributed by atoms with E-state index < -0.39 is 0 Å². The number of amides is 1. The van der Waals surface area contributed by atoms with E-state index in [0.29, 0.717) is 34.6 Å². The molecule has 0 aliphatic rings. The quantitative estimate of drug-likeness (QED) is 0.399. The van der Waals surface area contributed by atoms with Gasteiger partial charge in [-0.1, -0.05) is 40.6 Å². The summed E-state index contributed by atoms with van der Waals surface area (Å²) < 4.78 is 8.26. The van der Waals surface area contributed by atoms with Crippen molar-refractivity contribution in [1.29, 1.82) is 0 Å². The van der Waals surface area contributed by atoms with Crippen LogP contribution in [0.2, 0.25) is 10.0 Å². The van der Waals surface area contributed by atoms with Gasteiger partial charge < -0.3 is 9.30 Å². The summed E-state index contributed by atoms with van der Waals surface area (Å²) in [5.74, 6) is -0.322. The third-order valence-corrected chi connectivity index (χ3v) is 6.21. The topological polar surface area (TPSA) is 43.6 Å². The average Bonchev–Trinajstić information content (AvgIpc) is 3.25. The lowest BCUT2D eigenvalue weighted by molar-refractivity contribution is -0.113. The van der Waals surface area contributed by atoms with E-state index >= 15 is 0 Å². The number of rotatable bonds is 6. The Morgan fingerprint density at radius 3 is 2.92 bits per heavy atom. The Morgan fingerprint density at radius 2 is 2.19 bits per heavy atom. The Labute approximate surface area is 169 Å². The van der Waals surface area contributed by atoms with E-state index in [9.17, 15) is 4.79 Å². The van der Waals surface area contributed by atoms with E-state index in [1.807, 2.05) is 35.1 Å². The third-order valence-electron chi connectivity index (χ3n) is 3.54. The minimum atomic E-state index is -0.322. The fourth-order valence-corrected chi connectivity index (χ4v) is 4.53. The normalized spacial score (nSPS) is 12.5. The highest BCUT2D eigenvalue weighted by Gasteiger charge is 2.13. The van der Waals surface area contributed by atoms with Gasteiger partial charge >= 0.3 is 0 Å². The summed E-state index contributed by atoms with van der Waals surface area (Å²) in [6.07, 6.45) is 3.23. The highest BCUT2D eigenvalue weighted by Crippen LogP contribution is 2.32. The minimum absolute atomic E-state index is 0.322. The van der Waals surface area contributed by atoms with Gasteiger partial charge in [-0.25, -0.2) is 0 Å². The van der Waals surface area contributed by atoms with Crippen LogP contribution >= 0.6 is 45.9 Å². The Bertz CT molecular complexity index is 1000. The van der Waals surface area contributed by atoms with Crippen molar-refractivity contribution < 1.29 is 9.53 Å². The molecule has 0 saturated heterocycles. The zero-order valence-electron chi connectivity index (χ0n) is 13.9. The smallest absolute Gasteiger partial charge is 0.272 e. The largest absolute Gasteiger partial charge is 0.380 e.